The number of hydrogen-bond donors (Lipinski definition) is 1. The molecular weight excluding hydrogens is 382 g/mol. The van der Waals surface area contributed by atoms with Crippen LogP contribution in [-0.4, -0.2) is 23.3 Å². The van der Waals surface area contributed by atoms with Gasteiger partial charge in [0.15, 0.2) is 0 Å². The van der Waals surface area contributed by atoms with E-state index in [2.05, 4.69) is 29.4 Å². The quantitative estimate of drug-likeness (QED) is 0.645. The zero-order valence-electron chi connectivity index (χ0n) is 16.6. The molecular formula is C23H23N3O2S. The predicted octanol–water partition coefficient (Wildman–Crippen LogP) is 5.06. The molecule has 148 valence electrons. The van der Waals surface area contributed by atoms with E-state index in [1.54, 1.807) is 4.90 Å². The second-order valence-electron chi connectivity index (χ2n) is 7.10. The van der Waals surface area contributed by atoms with Crippen molar-refractivity contribution in [2.45, 2.75) is 33.1 Å². The van der Waals surface area contributed by atoms with Crippen LogP contribution in [-0.2, 0) is 11.2 Å². The Morgan fingerprint density at radius 2 is 1.93 bits per heavy atom. The minimum absolute atomic E-state index is 0.0958. The molecule has 1 aromatic heterocycles. The first-order valence-corrected chi connectivity index (χ1v) is 10.7. The molecule has 1 aliphatic rings. The number of carbonyl (C=O) groups excluding carboxylic acids is 2. The van der Waals surface area contributed by atoms with Gasteiger partial charge >= 0.3 is 0 Å². The first kappa shape index (κ1) is 19.3. The summed E-state index contributed by atoms with van der Waals surface area (Å²) in [5.41, 5.74) is 4.39. The van der Waals surface area contributed by atoms with Gasteiger partial charge in [-0.3, -0.25) is 9.59 Å². The summed E-state index contributed by atoms with van der Waals surface area (Å²) in [6, 6.07) is 15.7. The topological polar surface area (TPSA) is 62.3 Å². The summed E-state index contributed by atoms with van der Waals surface area (Å²) < 4.78 is 0. The molecule has 5 nitrogen and oxygen atoms in total. The van der Waals surface area contributed by atoms with Crippen LogP contribution >= 0.6 is 11.3 Å². The minimum Gasteiger partial charge on any atom is -0.319 e. The molecule has 1 saturated heterocycles. The Morgan fingerprint density at radius 1 is 1.17 bits per heavy atom. The molecule has 0 saturated carbocycles. The third-order valence-electron chi connectivity index (χ3n) is 5.13. The summed E-state index contributed by atoms with van der Waals surface area (Å²) in [6.07, 6.45) is 2.38. The number of carbonyl (C=O) groups is 2. The van der Waals surface area contributed by atoms with Gasteiger partial charge in [0.2, 0.25) is 5.91 Å². The fourth-order valence-electron chi connectivity index (χ4n) is 3.51. The van der Waals surface area contributed by atoms with E-state index < -0.39 is 0 Å². The fourth-order valence-corrected chi connectivity index (χ4v) is 4.48. The van der Waals surface area contributed by atoms with Crippen LogP contribution < -0.4 is 10.2 Å². The maximum Gasteiger partial charge on any atom is 0.267 e. The van der Waals surface area contributed by atoms with Gasteiger partial charge in [-0.1, -0.05) is 43.3 Å². The summed E-state index contributed by atoms with van der Waals surface area (Å²) >= 11 is 1.39. The van der Waals surface area contributed by atoms with Crippen molar-refractivity contribution in [3.63, 3.8) is 0 Å². The molecule has 1 aliphatic heterocycles. The van der Waals surface area contributed by atoms with Crippen molar-refractivity contribution < 1.29 is 9.59 Å². The van der Waals surface area contributed by atoms with Crippen LogP contribution in [0, 0.1) is 6.92 Å². The number of nitrogens with zero attached hydrogens (tertiary/aromatic N) is 2. The van der Waals surface area contributed by atoms with Gasteiger partial charge in [-0.05, 0) is 37.5 Å². The van der Waals surface area contributed by atoms with Crippen LogP contribution in [0.3, 0.4) is 0 Å². The maximum atomic E-state index is 13.0. The molecule has 0 bridgehead atoms. The number of anilines is 2. The average Bonchev–Trinajstić information content (AvgIpc) is 3.34. The van der Waals surface area contributed by atoms with Gasteiger partial charge in [-0.2, -0.15) is 0 Å². The standard InChI is InChI=1S/C23H23N3O2S/c1-3-16-10-12-17(13-11-16)23-24-15(2)21(29-23)22(28)25-18-7-4-5-8-19(18)26-14-6-9-20(26)27/h4-5,7-8,10-13H,3,6,9,14H2,1-2H3,(H,25,28). The lowest BCUT2D eigenvalue weighted by Crippen LogP contribution is -2.25. The molecule has 4 rings (SSSR count). The zero-order valence-corrected chi connectivity index (χ0v) is 17.4. The number of hydrogen-bond acceptors (Lipinski definition) is 4. The Morgan fingerprint density at radius 3 is 2.62 bits per heavy atom. The summed E-state index contributed by atoms with van der Waals surface area (Å²) in [5, 5.41) is 3.82. The lowest BCUT2D eigenvalue weighted by Gasteiger charge is -2.19. The van der Waals surface area contributed by atoms with E-state index >= 15 is 0 Å². The Kier molecular flexibility index (Phi) is 5.45. The van der Waals surface area contributed by atoms with Crippen molar-refractivity contribution in [2.24, 2.45) is 0 Å². The van der Waals surface area contributed by atoms with E-state index in [1.807, 2.05) is 43.3 Å². The highest BCUT2D eigenvalue weighted by Gasteiger charge is 2.25. The number of para-hydroxylation sites is 2. The van der Waals surface area contributed by atoms with Crippen LogP contribution in [0.25, 0.3) is 10.6 Å². The molecule has 3 aromatic rings. The smallest absolute Gasteiger partial charge is 0.267 e. The second-order valence-corrected chi connectivity index (χ2v) is 8.10. The van der Waals surface area contributed by atoms with Crippen molar-refractivity contribution >= 4 is 34.5 Å². The summed E-state index contributed by atoms with van der Waals surface area (Å²) in [5.74, 6) is -0.103. The van der Waals surface area contributed by atoms with E-state index in [4.69, 9.17) is 0 Å². The van der Waals surface area contributed by atoms with Crippen molar-refractivity contribution in [1.29, 1.82) is 0 Å². The molecule has 29 heavy (non-hydrogen) atoms. The minimum atomic E-state index is -0.199. The lowest BCUT2D eigenvalue weighted by atomic mass is 10.1. The van der Waals surface area contributed by atoms with Crippen LogP contribution in [0.1, 0.15) is 40.7 Å². The van der Waals surface area contributed by atoms with E-state index in [0.29, 0.717) is 29.2 Å². The summed E-state index contributed by atoms with van der Waals surface area (Å²) in [4.78, 5) is 32.1. The number of nitrogens with one attached hydrogen (secondary N) is 1. The van der Waals surface area contributed by atoms with E-state index in [-0.39, 0.29) is 11.8 Å². The van der Waals surface area contributed by atoms with Gasteiger partial charge in [0.05, 0.1) is 17.1 Å². The number of thiazole rings is 1. The summed E-state index contributed by atoms with van der Waals surface area (Å²) in [7, 11) is 0. The molecule has 1 N–H and O–H groups in total. The first-order valence-electron chi connectivity index (χ1n) is 9.84. The molecule has 6 heteroatoms. The number of rotatable bonds is 5. The number of amides is 2. The van der Waals surface area contributed by atoms with Gasteiger partial charge in [0, 0.05) is 18.5 Å². The van der Waals surface area contributed by atoms with Crippen molar-refractivity contribution in [3.05, 3.63) is 64.7 Å². The zero-order chi connectivity index (χ0) is 20.4. The highest BCUT2D eigenvalue weighted by molar-refractivity contribution is 7.17. The Balaban J connectivity index is 1.58. The van der Waals surface area contributed by atoms with Gasteiger partial charge in [-0.25, -0.2) is 4.98 Å². The highest BCUT2D eigenvalue weighted by Crippen LogP contribution is 2.32. The van der Waals surface area contributed by atoms with Gasteiger partial charge in [-0.15, -0.1) is 11.3 Å². The third kappa shape index (κ3) is 3.93. The maximum absolute atomic E-state index is 13.0. The molecule has 2 amide bonds. The van der Waals surface area contributed by atoms with Crippen LogP contribution in [0.2, 0.25) is 0 Å². The van der Waals surface area contributed by atoms with Gasteiger partial charge in [0.1, 0.15) is 9.88 Å². The fraction of sp³-hybridized carbons (Fsp3) is 0.261. The SMILES string of the molecule is CCc1ccc(-c2nc(C)c(C(=O)Nc3ccccc3N3CCCC3=O)s2)cc1. The third-order valence-corrected chi connectivity index (χ3v) is 6.33. The molecule has 0 radical (unpaired) electrons. The molecule has 0 spiro atoms. The van der Waals surface area contributed by atoms with E-state index in [9.17, 15) is 9.59 Å². The normalized spacial score (nSPS) is 13.7. The first-order chi connectivity index (χ1) is 14.1. The number of benzene rings is 2. The Hall–Kier alpha value is -2.99. The molecule has 0 atom stereocenters. The Bertz CT molecular complexity index is 1060. The monoisotopic (exact) mass is 405 g/mol. The van der Waals surface area contributed by atoms with Crippen molar-refractivity contribution in [1.82, 2.24) is 4.98 Å². The number of aryl methyl sites for hydroxylation is 2. The van der Waals surface area contributed by atoms with Crippen LogP contribution in [0.15, 0.2) is 48.5 Å². The van der Waals surface area contributed by atoms with Gasteiger partial charge in [0.25, 0.3) is 5.91 Å². The molecule has 0 aliphatic carbocycles. The van der Waals surface area contributed by atoms with E-state index in [0.717, 1.165) is 29.1 Å². The van der Waals surface area contributed by atoms with Crippen molar-refractivity contribution in [3.8, 4) is 10.6 Å². The van der Waals surface area contributed by atoms with Gasteiger partial charge < -0.3 is 10.2 Å². The largest absolute Gasteiger partial charge is 0.319 e. The summed E-state index contributed by atoms with van der Waals surface area (Å²) in [6.45, 7) is 4.66. The molecule has 1 fully saturated rings. The average molecular weight is 406 g/mol. The predicted molar refractivity (Wildman–Crippen MR) is 118 cm³/mol. The van der Waals surface area contributed by atoms with Crippen LogP contribution in [0.4, 0.5) is 11.4 Å². The second kappa shape index (κ2) is 8.17. The number of aromatic nitrogens is 1. The van der Waals surface area contributed by atoms with E-state index in [1.165, 1.54) is 16.9 Å². The molecule has 2 heterocycles. The molecule has 2 aromatic carbocycles. The lowest BCUT2D eigenvalue weighted by molar-refractivity contribution is -0.117. The van der Waals surface area contributed by atoms with Crippen LogP contribution in [0.5, 0.6) is 0 Å². The van der Waals surface area contributed by atoms with Crippen molar-refractivity contribution in [2.75, 3.05) is 16.8 Å². The highest BCUT2D eigenvalue weighted by atomic mass is 32.1. The Labute approximate surface area is 174 Å². The molecule has 0 unspecified atom stereocenters.